The molecule has 0 bridgehead atoms. The maximum Gasteiger partial charge on any atom is 0.340 e. The summed E-state index contributed by atoms with van der Waals surface area (Å²) in [5.41, 5.74) is 3.00. The summed E-state index contributed by atoms with van der Waals surface area (Å²) in [5.74, 6) is -3.03. The summed E-state index contributed by atoms with van der Waals surface area (Å²) < 4.78 is 20.1. The van der Waals surface area contributed by atoms with Gasteiger partial charge in [0.05, 0.1) is 21.0 Å². The number of carbonyl (C=O) groups is 3. The standard InChI is InChI=1S/C24H17Cl2FN4O5/c1-11-7-15(20(32)10-36-24(35)16-8-19(27)18(26)9-17(16)25)12(2)31(11)30-23(34)21-13-5-3-4-6-14(13)22(33)29-28-21/h3-9H,10H2,1-2H3,(H,29,33)(H,30,34). The molecular weight excluding hydrogens is 514 g/mol. The lowest BCUT2D eigenvalue weighted by Crippen LogP contribution is -2.27. The molecule has 0 aliphatic rings. The molecule has 0 unspecified atom stereocenters. The smallest absolute Gasteiger partial charge is 0.340 e. The van der Waals surface area contributed by atoms with Gasteiger partial charge in [-0.2, -0.15) is 5.10 Å². The Bertz CT molecular complexity index is 1610. The number of esters is 1. The van der Waals surface area contributed by atoms with E-state index in [4.69, 9.17) is 27.9 Å². The van der Waals surface area contributed by atoms with Gasteiger partial charge in [-0.3, -0.25) is 24.5 Å². The number of aromatic nitrogens is 3. The molecule has 0 radical (unpaired) electrons. The first-order chi connectivity index (χ1) is 17.1. The van der Waals surface area contributed by atoms with Gasteiger partial charge < -0.3 is 4.74 Å². The van der Waals surface area contributed by atoms with Crippen molar-refractivity contribution < 1.29 is 23.5 Å². The number of aryl methyl sites for hydroxylation is 1. The van der Waals surface area contributed by atoms with Crippen molar-refractivity contribution in [3.05, 3.63) is 96.9 Å². The van der Waals surface area contributed by atoms with Crippen LogP contribution in [0, 0.1) is 19.7 Å². The molecule has 0 aliphatic carbocycles. The highest BCUT2D eigenvalue weighted by Crippen LogP contribution is 2.25. The lowest BCUT2D eigenvalue weighted by molar-refractivity contribution is 0.0474. The molecule has 0 atom stereocenters. The van der Waals surface area contributed by atoms with E-state index in [2.05, 4.69) is 15.6 Å². The van der Waals surface area contributed by atoms with Gasteiger partial charge in [0.1, 0.15) is 5.82 Å². The molecule has 184 valence electrons. The van der Waals surface area contributed by atoms with Crippen molar-refractivity contribution in [1.82, 2.24) is 14.9 Å². The third-order valence-corrected chi connectivity index (χ3v) is 6.02. The van der Waals surface area contributed by atoms with Crippen molar-refractivity contribution in [1.29, 1.82) is 0 Å². The molecule has 0 spiro atoms. The van der Waals surface area contributed by atoms with Gasteiger partial charge in [-0.25, -0.2) is 14.3 Å². The quantitative estimate of drug-likeness (QED) is 0.218. The molecule has 2 heterocycles. The Labute approximate surface area is 212 Å². The number of Topliss-reactive ketones (excluding diaryl/α,β-unsaturated/α-hetero) is 1. The second-order valence-electron chi connectivity index (χ2n) is 7.75. The van der Waals surface area contributed by atoms with Crippen molar-refractivity contribution >= 4 is 51.6 Å². The van der Waals surface area contributed by atoms with E-state index in [0.29, 0.717) is 22.2 Å². The number of hydrogen-bond acceptors (Lipinski definition) is 6. The number of nitrogens with zero attached hydrogens (tertiary/aromatic N) is 2. The van der Waals surface area contributed by atoms with Crippen molar-refractivity contribution in [2.75, 3.05) is 12.0 Å². The number of H-pyrrole nitrogens is 1. The zero-order valence-electron chi connectivity index (χ0n) is 18.8. The van der Waals surface area contributed by atoms with Crippen LogP contribution in [0.5, 0.6) is 0 Å². The SMILES string of the molecule is Cc1cc(C(=O)COC(=O)c2cc(F)c(Cl)cc2Cl)c(C)n1NC(=O)c1n[nH]c(=O)c2ccccc12. The Morgan fingerprint density at radius 2 is 1.75 bits per heavy atom. The topological polar surface area (TPSA) is 123 Å². The highest BCUT2D eigenvalue weighted by atomic mass is 35.5. The number of aromatic amines is 1. The molecule has 0 saturated heterocycles. The number of fused-ring (bicyclic) bond motifs is 1. The van der Waals surface area contributed by atoms with E-state index >= 15 is 0 Å². The van der Waals surface area contributed by atoms with Gasteiger partial charge in [0, 0.05) is 22.3 Å². The van der Waals surface area contributed by atoms with Gasteiger partial charge in [0.15, 0.2) is 12.3 Å². The highest BCUT2D eigenvalue weighted by molar-refractivity contribution is 6.36. The minimum Gasteiger partial charge on any atom is -0.454 e. The zero-order valence-corrected chi connectivity index (χ0v) is 20.3. The van der Waals surface area contributed by atoms with Crippen LogP contribution in [-0.4, -0.2) is 39.1 Å². The fourth-order valence-electron chi connectivity index (χ4n) is 3.63. The second kappa shape index (κ2) is 9.92. The zero-order chi connectivity index (χ0) is 26.1. The normalized spacial score (nSPS) is 10.9. The third-order valence-electron chi connectivity index (χ3n) is 5.42. The lowest BCUT2D eigenvalue weighted by atomic mass is 10.1. The summed E-state index contributed by atoms with van der Waals surface area (Å²) in [7, 11) is 0. The van der Waals surface area contributed by atoms with Crippen LogP contribution in [0.3, 0.4) is 0 Å². The van der Waals surface area contributed by atoms with E-state index in [1.165, 1.54) is 10.7 Å². The maximum atomic E-state index is 13.7. The number of rotatable bonds is 6. The van der Waals surface area contributed by atoms with Crippen LogP contribution < -0.4 is 11.0 Å². The van der Waals surface area contributed by atoms with Gasteiger partial charge in [-0.15, -0.1) is 0 Å². The maximum absolute atomic E-state index is 13.7. The molecule has 0 saturated carbocycles. The molecule has 1 amide bonds. The summed E-state index contributed by atoms with van der Waals surface area (Å²) in [6.45, 7) is 2.60. The molecule has 2 aromatic heterocycles. The summed E-state index contributed by atoms with van der Waals surface area (Å²) in [4.78, 5) is 50.0. The first-order valence-electron chi connectivity index (χ1n) is 10.4. The number of amides is 1. The van der Waals surface area contributed by atoms with Crippen LogP contribution in [0.15, 0.2) is 47.3 Å². The predicted octanol–water partition coefficient (Wildman–Crippen LogP) is 4.21. The molecule has 4 rings (SSSR count). The van der Waals surface area contributed by atoms with Crippen molar-refractivity contribution in [2.45, 2.75) is 13.8 Å². The van der Waals surface area contributed by atoms with Gasteiger partial charge in [-0.05, 0) is 38.1 Å². The summed E-state index contributed by atoms with van der Waals surface area (Å²) in [5, 5.41) is 6.45. The molecule has 0 fully saturated rings. The predicted molar refractivity (Wildman–Crippen MR) is 131 cm³/mol. The number of halogens is 3. The molecule has 0 aliphatic heterocycles. The molecular formula is C24H17Cl2FN4O5. The van der Waals surface area contributed by atoms with Crippen molar-refractivity contribution in [3.63, 3.8) is 0 Å². The first kappa shape index (κ1) is 25.1. The van der Waals surface area contributed by atoms with Crippen LogP contribution in [0.25, 0.3) is 10.8 Å². The highest BCUT2D eigenvalue weighted by Gasteiger charge is 2.22. The lowest BCUT2D eigenvalue weighted by Gasteiger charge is -2.12. The Morgan fingerprint density at radius 3 is 2.47 bits per heavy atom. The van der Waals surface area contributed by atoms with E-state index in [9.17, 15) is 23.6 Å². The number of ether oxygens (including phenoxy) is 1. The van der Waals surface area contributed by atoms with Crippen LogP contribution >= 0.6 is 23.2 Å². The monoisotopic (exact) mass is 530 g/mol. The van der Waals surface area contributed by atoms with Gasteiger partial charge in [0.2, 0.25) is 5.78 Å². The molecule has 36 heavy (non-hydrogen) atoms. The summed E-state index contributed by atoms with van der Waals surface area (Å²) in [6, 6.07) is 9.92. The van der Waals surface area contributed by atoms with Crippen molar-refractivity contribution in [2.24, 2.45) is 0 Å². The van der Waals surface area contributed by atoms with E-state index < -0.39 is 35.6 Å². The minimum absolute atomic E-state index is 0.00779. The third kappa shape index (κ3) is 4.73. The Kier molecular flexibility index (Phi) is 6.91. The van der Waals surface area contributed by atoms with E-state index in [1.54, 1.807) is 38.1 Å². The fraction of sp³-hybridized carbons (Fsp3) is 0.125. The van der Waals surface area contributed by atoms with Gasteiger partial charge in [0.25, 0.3) is 11.5 Å². The minimum atomic E-state index is -0.998. The molecule has 2 aromatic carbocycles. The number of benzene rings is 2. The number of carbonyl (C=O) groups excluding carboxylic acids is 3. The summed E-state index contributed by atoms with van der Waals surface area (Å²) in [6.07, 6.45) is 0. The van der Waals surface area contributed by atoms with Crippen LogP contribution in [0.1, 0.15) is 42.6 Å². The van der Waals surface area contributed by atoms with E-state index in [1.807, 2.05) is 0 Å². The average molecular weight is 531 g/mol. The van der Waals surface area contributed by atoms with E-state index in [-0.39, 0.29) is 26.9 Å². The first-order valence-corrected chi connectivity index (χ1v) is 11.2. The van der Waals surface area contributed by atoms with Crippen molar-refractivity contribution in [3.8, 4) is 0 Å². The summed E-state index contributed by atoms with van der Waals surface area (Å²) >= 11 is 11.5. The van der Waals surface area contributed by atoms with Gasteiger partial charge >= 0.3 is 5.97 Å². The number of hydrogen-bond donors (Lipinski definition) is 2. The Balaban J connectivity index is 1.52. The average Bonchev–Trinajstić information content (AvgIpc) is 3.13. The van der Waals surface area contributed by atoms with Gasteiger partial charge in [-0.1, -0.05) is 41.4 Å². The van der Waals surface area contributed by atoms with E-state index in [0.717, 1.165) is 12.1 Å². The Morgan fingerprint density at radius 1 is 1.06 bits per heavy atom. The van der Waals surface area contributed by atoms with Crippen LogP contribution in [0.4, 0.5) is 4.39 Å². The fourth-order valence-corrected chi connectivity index (χ4v) is 4.09. The number of nitrogens with one attached hydrogen (secondary N) is 2. The van der Waals surface area contributed by atoms with Crippen LogP contribution in [0.2, 0.25) is 10.0 Å². The molecule has 9 nitrogen and oxygen atoms in total. The molecule has 12 heteroatoms. The molecule has 4 aromatic rings. The Hall–Kier alpha value is -4.02. The second-order valence-corrected chi connectivity index (χ2v) is 8.57. The number of ketones is 1. The molecule has 2 N–H and O–H groups in total. The largest absolute Gasteiger partial charge is 0.454 e. The van der Waals surface area contributed by atoms with Crippen LogP contribution in [-0.2, 0) is 4.74 Å².